The summed E-state index contributed by atoms with van der Waals surface area (Å²) in [5.74, 6) is 2.00. The average Bonchev–Trinajstić information content (AvgIpc) is 3.49. The highest BCUT2D eigenvalue weighted by molar-refractivity contribution is 7.99. The maximum atomic E-state index is 13.2. The van der Waals surface area contributed by atoms with Gasteiger partial charge >= 0.3 is 0 Å². The molecule has 0 unspecified atom stereocenters. The van der Waals surface area contributed by atoms with Gasteiger partial charge in [-0.1, -0.05) is 26.8 Å². The fourth-order valence-corrected chi connectivity index (χ4v) is 9.20. The predicted octanol–water partition coefficient (Wildman–Crippen LogP) is 4.72. The van der Waals surface area contributed by atoms with Crippen LogP contribution in [0.25, 0.3) is 0 Å². The normalized spacial score (nSPS) is 31.9. The molecule has 6 atom stereocenters. The number of carbonyl (C=O) groups excluding carboxylic acids is 2. The van der Waals surface area contributed by atoms with E-state index in [0.29, 0.717) is 10.0 Å². The number of hydrogen-bond donors (Lipinski definition) is 2. The van der Waals surface area contributed by atoms with E-state index in [4.69, 9.17) is 4.98 Å². The lowest BCUT2D eigenvalue weighted by atomic mass is 9.53. The Hall–Kier alpha value is -1.42. The third-order valence-electron chi connectivity index (χ3n) is 8.24. The van der Waals surface area contributed by atoms with Gasteiger partial charge in [-0.3, -0.25) is 14.9 Å². The molecule has 2 aromatic heterocycles. The van der Waals surface area contributed by atoms with Gasteiger partial charge in [-0.05, 0) is 48.0 Å². The molecule has 0 spiro atoms. The Morgan fingerprint density at radius 3 is 2.79 bits per heavy atom. The fraction of sp³-hybridized carbons (Fsp3) is 0.640. The molecule has 2 fully saturated rings. The van der Waals surface area contributed by atoms with Crippen LogP contribution in [-0.2, 0) is 11.2 Å². The SMILES string of the molecule is C[C@H](C(=O)N1CCSCC1)[C@H]1CC[C@@]2(C)Cc3sc(NC(=O)c4cccs4)nc3[C@@H](C)[C@@H]2[C@H]1O. The largest absolute Gasteiger partial charge is 0.392 e. The molecule has 2 N–H and O–H groups in total. The van der Waals surface area contributed by atoms with Gasteiger partial charge in [-0.25, -0.2) is 4.98 Å². The summed E-state index contributed by atoms with van der Waals surface area (Å²) in [6.45, 7) is 8.09. The molecule has 3 heterocycles. The molecular formula is C25H33N3O3S3. The molecule has 5 rings (SSSR count). The molecule has 0 aromatic carbocycles. The molecule has 34 heavy (non-hydrogen) atoms. The van der Waals surface area contributed by atoms with Crippen LogP contribution in [0.3, 0.4) is 0 Å². The molecule has 2 aliphatic carbocycles. The van der Waals surface area contributed by atoms with Crippen molar-refractivity contribution >= 4 is 51.4 Å². The average molecular weight is 520 g/mol. The lowest BCUT2D eigenvalue weighted by Crippen LogP contribution is -2.54. The number of nitrogens with one attached hydrogen (secondary N) is 1. The smallest absolute Gasteiger partial charge is 0.267 e. The minimum atomic E-state index is -0.536. The number of thiazole rings is 1. The number of aliphatic hydroxyl groups is 1. The van der Waals surface area contributed by atoms with E-state index in [2.05, 4.69) is 19.2 Å². The molecule has 3 aliphatic rings. The van der Waals surface area contributed by atoms with Gasteiger partial charge in [0.15, 0.2) is 5.13 Å². The zero-order valence-corrected chi connectivity index (χ0v) is 22.4. The lowest BCUT2D eigenvalue weighted by molar-refractivity contribution is -0.144. The molecule has 184 valence electrons. The van der Waals surface area contributed by atoms with Crippen molar-refractivity contribution in [1.29, 1.82) is 0 Å². The van der Waals surface area contributed by atoms with E-state index < -0.39 is 6.10 Å². The number of thiophene rings is 1. The Morgan fingerprint density at radius 1 is 1.32 bits per heavy atom. The van der Waals surface area contributed by atoms with Gasteiger partial charge in [-0.2, -0.15) is 11.8 Å². The number of carbonyl (C=O) groups is 2. The van der Waals surface area contributed by atoms with E-state index in [1.54, 1.807) is 11.3 Å². The van der Waals surface area contributed by atoms with E-state index >= 15 is 0 Å². The summed E-state index contributed by atoms with van der Waals surface area (Å²) in [4.78, 5) is 34.5. The molecule has 9 heteroatoms. The molecule has 1 saturated heterocycles. The summed E-state index contributed by atoms with van der Waals surface area (Å²) < 4.78 is 0. The highest BCUT2D eigenvalue weighted by Gasteiger charge is 2.54. The monoisotopic (exact) mass is 519 g/mol. The van der Waals surface area contributed by atoms with Gasteiger partial charge in [0.2, 0.25) is 5.91 Å². The van der Waals surface area contributed by atoms with Gasteiger partial charge in [0, 0.05) is 41.3 Å². The Kier molecular flexibility index (Phi) is 6.83. The second kappa shape index (κ2) is 9.56. The first-order valence-corrected chi connectivity index (χ1v) is 15.0. The lowest BCUT2D eigenvalue weighted by Gasteiger charge is -2.53. The molecule has 0 radical (unpaired) electrons. The third-order valence-corrected chi connectivity index (χ3v) is 11.0. The van der Waals surface area contributed by atoms with Crippen LogP contribution in [-0.4, -0.2) is 57.5 Å². The molecule has 1 aliphatic heterocycles. The van der Waals surface area contributed by atoms with Crippen molar-refractivity contribution in [3.63, 3.8) is 0 Å². The van der Waals surface area contributed by atoms with Gasteiger partial charge in [0.1, 0.15) is 0 Å². The van der Waals surface area contributed by atoms with Crippen molar-refractivity contribution in [3.05, 3.63) is 33.0 Å². The van der Waals surface area contributed by atoms with Crippen LogP contribution in [0.15, 0.2) is 17.5 Å². The Labute approximate surface area is 213 Å². The first-order valence-electron chi connectivity index (χ1n) is 12.2. The summed E-state index contributed by atoms with van der Waals surface area (Å²) in [5, 5.41) is 17.1. The molecule has 2 aromatic rings. The van der Waals surface area contributed by atoms with Crippen LogP contribution in [0.4, 0.5) is 5.13 Å². The van der Waals surface area contributed by atoms with Gasteiger partial charge in [0.05, 0.1) is 16.7 Å². The number of thioether (sulfide) groups is 1. The molecule has 6 nitrogen and oxygen atoms in total. The standard InChI is InChI=1S/C25H33N3O3S3/c1-14(23(31)28-8-11-32-12-9-28)16-6-7-25(3)13-18-20(15(2)19(25)21(16)29)26-24(34-18)27-22(30)17-5-4-10-33-17/h4-5,10,14-16,19,21,29H,6-9,11-13H2,1-3H3,(H,26,27,30)/t14-,15-,16+,19+,21-,25-/m0/s1. The summed E-state index contributed by atoms with van der Waals surface area (Å²) in [5.41, 5.74) is 0.967. The highest BCUT2D eigenvalue weighted by Crippen LogP contribution is 2.57. The first-order chi connectivity index (χ1) is 16.3. The van der Waals surface area contributed by atoms with Crippen LogP contribution in [0.5, 0.6) is 0 Å². The van der Waals surface area contributed by atoms with Gasteiger partial charge in [0.25, 0.3) is 5.91 Å². The van der Waals surface area contributed by atoms with Crippen molar-refractivity contribution in [2.75, 3.05) is 29.9 Å². The summed E-state index contributed by atoms with van der Waals surface area (Å²) in [6.07, 6.45) is 2.18. The van der Waals surface area contributed by atoms with Gasteiger partial charge < -0.3 is 10.0 Å². The number of nitrogens with zero attached hydrogens (tertiary/aromatic N) is 2. The van der Waals surface area contributed by atoms with E-state index in [9.17, 15) is 14.7 Å². The second-order valence-electron chi connectivity index (χ2n) is 10.3. The highest BCUT2D eigenvalue weighted by atomic mass is 32.2. The summed E-state index contributed by atoms with van der Waals surface area (Å²) >= 11 is 4.89. The number of aliphatic hydroxyl groups excluding tert-OH is 1. The maximum Gasteiger partial charge on any atom is 0.267 e. The van der Waals surface area contributed by atoms with Crippen molar-refractivity contribution in [2.45, 2.75) is 52.1 Å². The van der Waals surface area contributed by atoms with E-state index in [1.807, 2.05) is 41.1 Å². The molecular weight excluding hydrogens is 486 g/mol. The van der Waals surface area contributed by atoms with Crippen LogP contribution in [0.2, 0.25) is 0 Å². The number of hydrogen-bond acceptors (Lipinski definition) is 7. The Morgan fingerprint density at radius 2 is 2.09 bits per heavy atom. The van der Waals surface area contributed by atoms with Crippen LogP contribution < -0.4 is 5.32 Å². The van der Waals surface area contributed by atoms with E-state index in [-0.39, 0.29) is 40.9 Å². The number of anilines is 1. The van der Waals surface area contributed by atoms with Crippen LogP contribution in [0, 0.1) is 23.2 Å². The van der Waals surface area contributed by atoms with Crippen molar-refractivity contribution in [2.24, 2.45) is 23.2 Å². The fourth-order valence-electron chi connectivity index (χ4n) is 6.42. The molecule has 1 saturated carbocycles. The summed E-state index contributed by atoms with van der Waals surface area (Å²) in [7, 11) is 0. The minimum absolute atomic E-state index is 0.0270. The quantitative estimate of drug-likeness (QED) is 0.611. The number of amides is 2. The topological polar surface area (TPSA) is 82.5 Å². The number of fused-ring (bicyclic) bond motifs is 2. The minimum Gasteiger partial charge on any atom is -0.392 e. The number of rotatable bonds is 4. The van der Waals surface area contributed by atoms with Crippen molar-refractivity contribution in [1.82, 2.24) is 9.88 Å². The molecule has 2 amide bonds. The van der Waals surface area contributed by atoms with Crippen molar-refractivity contribution in [3.8, 4) is 0 Å². The third kappa shape index (κ3) is 4.33. The predicted molar refractivity (Wildman–Crippen MR) is 140 cm³/mol. The maximum absolute atomic E-state index is 13.2. The zero-order valence-electron chi connectivity index (χ0n) is 20.0. The van der Waals surface area contributed by atoms with E-state index in [0.717, 1.165) is 49.6 Å². The Bertz CT molecular complexity index is 1050. The zero-order chi connectivity index (χ0) is 24.0. The molecule has 0 bridgehead atoms. The van der Waals surface area contributed by atoms with Crippen LogP contribution in [0.1, 0.15) is 59.8 Å². The first kappa shape index (κ1) is 24.3. The number of aromatic nitrogens is 1. The van der Waals surface area contributed by atoms with Crippen LogP contribution >= 0.6 is 34.4 Å². The van der Waals surface area contributed by atoms with Crippen molar-refractivity contribution < 1.29 is 14.7 Å². The van der Waals surface area contributed by atoms with E-state index in [1.165, 1.54) is 16.2 Å². The Balaban J connectivity index is 1.34. The second-order valence-corrected chi connectivity index (χ2v) is 13.6. The summed E-state index contributed by atoms with van der Waals surface area (Å²) in [6, 6.07) is 3.68. The van der Waals surface area contributed by atoms with Gasteiger partial charge in [-0.15, -0.1) is 22.7 Å².